The maximum absolute atomic E-state index is 5.48. The van der Waals surface area contributed by atoms with Crippen molar-refractivity contribution in [3.05, 3.63) is 35.5 Å². The second kappa shape index (κ2) is 11.3. The van der Waals surface area contributed by atoms with E-state index in [1.807, 2.05) is 0 Å². The van der Waals surface area contributed by atoms with Crippen LogP contribution in [0.25, 0.3) is 10.9 Å². The SMILES string of the molecule is CCNC(=NCCc1c[nH]c2c(C)cccc12)N1CCC(CN2CCOCC2)C1.I. The van der Waals surface area contributed by atoms with Gasteiger partial charge in [-0.25, -0.2) is 0 Å². The molecule has 2 aliphatic rings. The van der Waals surface area contributed by atoms with Crippen molar-refractivity contribution < 1.29 is 4.74 Å². The molecule has 2 aliphatic heterocycles. The Morgan fingerprint density at radius 2 is 2.10 bits per heavy atom. The van der Waals surface area contributed by atoms with Crippen LogP contribution in [0.4, 0.5) is 0 Å². The lowest BCUT2D eigenvalue weighted by Gasteiger charge is -2.29. The number of guanidine groups is 1. The van der Waals surface area contributed by atoms with Gasteiger partial charge in [0.05, 0.1) is 13.2 Å². The topological polar surface area (TPSA) is 55.9 Å². The highest BCUT2D eigenvalue weighted by atomic mass is 127. The number of benzene rings is 1. The molecule has 0 aliphatic carbocycles. The molecule has 2 aromatic rings. The number of likely N-dealkylation sites (tertiary alicyclic amines) is 1. The zero-order valence-corrected chi connectivity index (χ0v) is 20.7. The summed E-state index contributed by atoms with van der Waals surface area (Å²) < 4.78 is 5.48. The molecule has 0 spiro atoms. The fourth-order valence-electron chi connectivity index (χ4n) is 4.60. The van der Waals surface area contributed by atoms with Gasteiger partial charge in [-0.15, -0.1) is 24.0 Å². The number of hydrogen-bond donors (Lipinski definition) is 2. The van der Waals surface area contributed by atoms with Crippen LogP contribution in [0.1, 0.15) is 24.5 Å². The van der Waals surface area contributed by atoms with Crippen LogP contribution in [-0.4, -0.2) is 79.8 Å². The van der Waals surface area contributed by atoms with Crippen molar-refractivity contribution in [1.29, 1.82) is 0 Å². The van der Waals surface area contributed by atoms with Gasteiger partial charge in [-0.2, -0.15) is 0 Å². The lowest BCUT2D eigenvalue weighted by molar-refractivity contribution is 0.0315. The fourth-order valence-corrected chi connectivity index (χ4v) is 4.60. The molecule has 3 heterocycles. The largest absolute Gasteiger partial charge is 0.379 e. The number of halogens is 1. The highest BCUT2D eigenvalue weighted by molar-refractivity contribution is 14.0. The molecule has 2 N–H and O–H groups in total. The zero-order valence-electron chi connectivity index (χ0n) is 18.3. The normalized spacial score (nSPS) is 20.5. The molecule has 0 amide bonds. The van der Waals surface area contributed by atoms with Crippen molar-refractivity contribution in [3.63, 3.8) is 0 Å². The Morgan fingerprint density at radius 3 is 2.90 bits per heavy atom. The average molecular weight is 525 g/mol. The Kier molecular flexibility index (Phi) is 8.83. The van der Waals surface area contributed by atoms with Gasteiger partial charge in [0.1, 0.15) is 0 Å². The van der Waals surface area contributed by atoms with Gasteiger partial charge in [0.15, 0.2) is 5.96 Å². The van der Waals surface area contributed by atoms with Gasteiger partial charge in [0, 0.05) is 62.9 Å². The minimum absolute atomic E-state index is 0. The van der Waals surface area contributed by atoms with E-state index < -0.39 is 0 Å². The van der Waals surface area contributed by atoms with Gasteiger partial charge in [-0.3, -0.25) is 9.89 Å². The van der Waals surface area contributed by atoms with Crippen molar-refractivity contribution in [2.75, 3.05) is 59.0 Å². The number of nitrogens with one attached hydrogen (secondary N) is 2. The van der Waals surface area contributed by atoms with E-state index in [0.29, 0.717) is 0 Å². The van der Waals surface area contributed by atoms with Gasteiger partial charge in [-0.1, -0.05) is 18.2 Å². The number of aromatic amines is 1. The Bertz CT molecular complexity index is 830. The van der Waals surface area contributed by atoms with Gasteiger partial charge in [0.25, 0.3) is 0 Å². The molecule has 1 unspecified atom stereocenters. The highest BCUT2D eigenvalue weighted by Crippen LogP contribution is 2.22. The number of fused-ring (bicyclic) bond motifs is 1. The van der Waals surface area contributed by atoms with Crippen molar-refractivity contribution in [3.8, 4) is 0 Å². The van der Waals surface area contributed by atoms with Crippen LogP contribution in [0.2, 0.25) is 0 Å². The second-order valence-corrected chi connectivity index (χ2v) is 8.31. The molecule has 4 rings (SSSR count). The highest BCUT2D eigenvalue weighted by Gasteiger charge is 2.27. The molecule has 166 valence electrons. The van der Waals surface area contributed by atoms with Crippen molar-refractivity contribution in [1.82, 2.24) is 20.1 Å². The Morgan fingerprint density at radius 1 is 1.27 bits per heavy atom. The monoisotopic (exact) mass is 525 g/mol. The first-order valence-electron chi connectivity index (χ1n) is 11.1. The van der Waals surface area contributed by atoms with Crippen molar-refractivity contribution >= 4 is 40.8 Å². The molecule has 30 heavy (non-hydrogen) atoms. The van der Waals surface area contributed by atoms with Crippen LogP contribution >= 0.6 is 24.0 Å². The van der Waals surface area contributed by atoms with Crippen LogP contribution in [0, 0.1) is 12.8 Å². The average Bonchev–Trinajstić information content (AvgIpc) is 3.36. The molecule has 0 saturated carbocycles. The van der Waals surface area contributed by atoms with E-state index in [4.69, 9.17) is 9.73 Å². The number of rotatable bonds is 6. The third-order valence-corrected chi connectivity index (χ3v) is 6.19. The van der Waals surface area contributed by atoms with E-state index >= 15 is 0 Å². The molecule has 1 aromatic heterocycles. The molecule has 2 fully saturated rings. The summed E-state index contributed by atoms with van der Waals surface area (Å²) in [5.41, 5.74) is 3.91. The maximum atomic E-state index is 5.48. The molecule has 7 heteroatoms. The van der Waals surface area contributed by atoms with Crippen molar-refractivity contribution in [2.24, 2.45) is 10.9 Å². The number of H-pyrrole nitrogens is 1. The summed E-state index contributed by atoms with van der Waals surface area (Å²) in [6.07, 6.45) is 4.36. The number of nitrogens with zero attached hydrogens (tertiary/aromatic N) is 3. The standard InChI is InChI=1S/C23H35N5O.HI/c1-3-24-23(28-10-8-19(17-28)16-27-11-13-29-14-12-27)25-9-7-20-15-26-22-18(2)5-4-6-21(20)22;/h4-6,15,19,26H,3,7-14,16-17H2,1-2H3,(H,24,25);1H. The summed E-state index contributed by atoms with van der Waals surface area (Å²) in [7, 11) is 0. The molecular formula is C23H36IN5O. The summed E-state index contributed by atoms with van der Waals surface area (Å²) in [4.78, 5) is 13.4. The second-order valence-electron chi connectivity index (χ2n) is 8.31. The first kappa shape index (κ1) is 23.3. The molecule has 1 aromatic carbocycles. The van der Waals surface area contributed by atoms with Crippen LogP contribution in [0.3, 0.4) is 0 Å². The molecule has 1 atom stereocenters. The summed E-state index contributed by atoms with van der Waals surface area (Å²) in [5.74, 6) is 1.81. The van der Waals surface area contributed by atoms with Gasteiger partial charge in [0.2, 0.25) is 0 Å². The van der Waals surface area contributed by atoms with Crippen LogP contribution in [0.15, 0.2) is 29.4 Å². The van der Waals surface area contributed by atoms with Gasteiger partial charge >= 0.3 is 0 Å². The molecule has 0 radical (unpaired) electrons. The smallest absolute Gasteiger partial charge is 0.193 e. The van der Waals surface area contributed by atoms with E-state index in [9.17, 15) is 0 Å². The minimum Gasteiger partial charge on any atom is -0.379 e. The summed E-state index contributed by atoms with van der Waals surface area (Å²) >= 11 is 0. The number of aryl methyl sites for hydroxylation is 1. The molecule has 6 nitrogen and oxygen atoms in total. The van der Waals surface area contributed by atoms with Crippen LogP contribution in [0.5, 0.6) is 0 Å². The minimum atomic E-state index is 0. The van der Waals surface area contributed by atoms with Crippen LogP contribution < -0.4 is 5.32 Å². The van der Waals surface area contributed by atoms with Gasteiger partial charge < -0.3 is 19.9 Å². The Balaban J connectivity index is 0.00000256. The molecule has 2 saturated heterocycles. The number of para-hydroxylation sites is 1. The number of ether oxygens (including phenoxy) is 1. The summed E-state index contributed by atoms with van der Waals surface area (Å²) in [6.45, 7) is 13.4. The van der Waals surface area contributed by atoms with Gasteiger partial charge in [-0.05, 0) is 43.7 Å². The number of aromatic nitrogens is 1. The number of hydrogen-bond acceptors (Lipinski definition) is 3. The Hall–Kier alpha value is -1.32. The molecular weight excluding hydrogens is 489 g/mol. The van der Waals surface area contributed by atoms with Crippen molar-refractivity contribution in [2.45, 2.75) is 26.7 Å². The van der Waals surface area contributed by atoms with E-state index in [-0.39, 0.29) is 24.0 Å². The maximum Gasteiger partial charge on any atom is 0.193 e. The summed E-state index contributed by atoms with van der Waals surface area (Å²) in [5, 5.41) is 4.84. The quantitative estimate of drug-likeness (QED) is 0.346. The Labute approximate surface area is 197 Å². The van der Waals surface area contributed by atoms with E-state index in [1.54, 1.807) is 0 Å². The molecule has 0 bridgehead atoms. The zero-order chi connectivity index (χ0) is 20.1. The first-order chi connectivity index (χ1) is 14.2. The lowest BCUT2D eigenvalue weighted by atomic mass is 10.1. The van der Waals surface area contributed by atoms with E-state index in [2.05, 4.69) is 58.3 Å². The lowest BCUT2D eigenvalue weighted by Crippen LogP contribution is -2.42. The van der Waals surface area contributed by atoms with E-state index in [0.717, 1.165) is 70.8 Å². The van der Waals surface area contributed by atoms with E-state index in [1.165, 1.54) is 35.0 Å². The predicted molar refractivity (Wildman–Crippen MR) is 135 cm³/mol. The summed E-state index contributed by atoms with van der Waals surface area (Å²) in [6, 6.07) is 6.51. The number of aliphatic imine (C=N–C) groups is 1. The predicted octanol–water partition coefficient (Wildman–Crippen LogP) is 3.26. The third-order valence-electron chi connectivity index (χ3n) is 6.19. The first-order valence-corrected chi connectivity index (χ1v) is 11.1. The van der Waals surface area contributed by atoms with Crippen LogP contribution in [-0.2, 0) is 11.2 Å². The third kappa shape index (κ3) is 5.68. The number of morpholine rings is 1. The fraction of sp³-hybridized carbons (Fsp3) is 0.609.